The lowest BCUT2D eigenvalue weighted by molar-refractivity contribution is -0.131. The first kappa shape index (κ1) is 13.3. The summed E-state index contributed by atoms with van der Waals surface area (Å²) < 4.78 is 5.27. The van der Waals surface area contributed by atoms with E-state index in [1.165, 1.54) is 0 Å². The molecule has 0 radical (unpaired) electrons. The van der Waals surface area contributed by atoms with Crippen molar-refractivity contribution in [3.8, 4) is 0 Å². The van der Waals surface area contributed by atoms with Crippen LogP contribution in [0.4, 0.5) is 0 Å². The minimum atomic E-state index is -0.354. The van der Waals surface area contributed by atoms with Gasteiger partial charge in [-0.15, -0.1) is 0 Å². The number of nitrogens with two attached hydrogens (primary N) is 2. The summed E-state index contributed by atoms with van der Waals surface area (Å²) in [5.41, 5.74) is 10.9. The zero-order chi connectivity index (χ0) is 12.1. The molecule has 1 rings (SSSR count). The third-order valence-corrected chi connectivity index (χ3v) is 3.04. The van der Waals surface area contributed by atoms with Gasteiger partial charge in [0.05, 0.1) is 18.2 Å². The molecule has 92 valence electrons. The second kappa shape index (κ2) is 6.12. The molecule has 0 aromatic carbocycles. The molecular weight excluding hydrogens is 226 g/mol. The van der Waals surface area contributed by atoms with Gasteiger partial charge < -0.3 is 16.2 Å². The van der Waals surface area contributed by atoms with E-state index in [4.69, 9.17) is 28.4 Å². The van der Waals surface area contributed by atoms with Crippen LogP contribution in [-0.2, 0) is 9.53 Å². The van der Waals surface area contributed by atoms with Crippen molar-refractivity contribution in [3.63, 3.8) is 0 Å². The second-order valence-electron chi connectivity index (χ2n) is 3.96. The minimum Gasteiger partial charge on any atom is -0.393 e. The minimum absolute atomic E-state index is 0.180. The van der Waals surface area contributed by atoms with Crippen LogP contribution < -0.4 is 11.5 Å². The highest BCUT2D eigenvalue weighted by Gasteiger charge is 2.32. The van der Waals surface area contributed by atoms with E-state index in [0.29, 0.717) is 31.2 Å². The molecule has 0 spiro atoms. The molecule has 5 nitrogen and oxygen atoms in total. The molecule has 6 heteroatoms. The Morgan fingerprint density at radius 2 is 2.31 bits per heavy atom. The molecule has 1 aliphatic rings. The Bertz CT molecular complexity index is 273. The van der Waals surface area contributed by atoms with Crippen molar-refractivity contribution in [2.75, 3.05) is 19.8 Å². The Morgan fingerprint density at radius 3 is 2.81 bits per heavy atom. The molecule has 0 saturated carbocycles. The highest BCUT2D eigenvalue weighted by atomic mass is 32.1. The fourth-order valence-electron chi connectivity index (χ4n) is 2.03. The van der Waals surface area contributed by atoms with Gasteiger partial charge in [-0.1, -0.05) is 19.1 Å². The summed E-state index contributed by atoms with van der Waals surface area (Å²) in [5.74, 6) is -0.346. The number of thiocarbonyl (C=S) groups is 1. The maximum Gasteiger partial charge on any atom is 0.237 e. The first-order valence-corrected chi connectivity index (χ1v) is 5.88. The number of rotatable bonds is 5. The third-order valence-electron chi connectivity index (χ3n) is 2.88. The van der Waals surface area contributed by atoms with Crippen LogP contribution in [0.5, 0.6) is 0 Å². The quantitative estimate of drug-likeness (QED) is 0.646. The van der Waals surface area contributed by atoms with Crippen LogP contribution in [0.2, 0.25) is 0 Å². The molecule has 0 aromatic rings. The molecule has 0 aliphatic carbocycles. The fourth-order valence-corrected chi connectivity index (χ4v) is 2.22. The summed E-state index contributed by atoms with van der Waals surface area (Å²) in [6, 6.07) is -0.174. The molecule has 2 unspecified atom stereocenters. The van der Waals surface area contributed by atoms with Crippen molar-refractivity contribution < 1.29 is 9.53 Å². The Labute approximate surface area is 101 Å². The average Bonchev–Trinajstić information content (AvgIpc) is 2.25. The van der Waals surface area contributed by atoms with Crippen molar-refractivity contribution in [2.24, 2.45) is 11.5 Å². The Morgan fingerprint density at radius 1 is 1.62 bits per heavy atom. The molecule has 1 fully saturated rings. The van der Waals surface area contributed by atoms with E-state index in [1.807, 2.05) is 0 Å². The number of carbonyl (C=O) groups is 1. The molecule has 1 amide bonds. The van der Waals surface area contributed by atoms with Crippen LogP contribution in [0.15, 0.2) is 0 Å². The standard InChI is InChI=1S/C10H19N3O2S/c1-2-7(5-9(11)16)13-3-4-15-6-8(13)10(12)14/h7-8H,2-6H2,1H3,(H2,11,16)(H2,12,14). The Hall–Kier alpha value is -0.720. The predicted molar refractivity (Wildman–Crippen MR) is 66.0 cm³/mol. The molecule has 1 aliphatic heterocycles. The number of morpholine rings is 1. The molecule has 1 saturated heterocycles. The zero-order valence-electron chi connectivity index (χ0n) is 9.52. The number of nitrogens with zero attached hydrogens (tertiary/aromatic N) is 1. The van der Waals surface area contributed by atoms with Gasteiger partial charge in [-0.05, 0) is 6.42 Å². The SMILES string of the molecule is CCC(CC(N)=S)N1CCOCC1C(N)=O. The van der Waals surface area contributed by atoms with E-state index in [-0.39, 0.29) is 18.0 Å². The third kappa shape index (κ3) is 3.40. The number of hydrogen-bond donors (Lipinski definition) is 2. The first-order chi connectivity index (χ1) is 7.56. The molecule has 0 bridgehead atoms. The second-order valence-corrected chi connectivity index (χ2v) is 4.49. The number of ether oxygens (including phenoxy) is 1. The summed E-state index contributed by atoms with van der Waals surface area (Å²) in [7, 11) is 0. The smallest absolute Gasteiger partial charge is 0.237 e. The summed E-state index contributed by atoms with van der Waals surface area (Å²) >= 11 is 4.92. The van der Waals surface area contributed by atoms with Crippen molar-refractivity contribution >= 4 is 23.1 Å². The van der Waals surface area contributed by atoms with Crippen molar-refractivity contribution in [1.29, 1.82) is 0 Å². The first-order valence-electron chi connectivity index (χ1n) is 5.47. The highest BCUT2D eigenvalue weighted by Crippen LogP contribution is 2.16. The number of primary amides is 1. The average molecular weight is 245 g/mol. The van der Waals surface area contributed by atoms with Crippen LogP contribution >= 0.6 is 12.2 Å². The maximum atomic E-state index is 11.3. The molecule has 1 heterocycles. The summed E-state index contributed by atoms with van der Waals surface area (Å²) in [5, 5.41) is 0. The molecule has 0 aromatic heterocycles. The van der Waals surface area contributed by atoms with Gasteiger partial charge in [0.1, 0.15) is 6.04 Å². The fraction of sp³-hybridized carbons (Fsp3) is 0.800. The van der Waals surface area contributed by atoms with Crippen LogP contribution in [0.3, 0.4) is 0 Å². The topological polar surface area (TPSA) is 81.6 Å². The predicted octanol–water partition coefficient (Wildman–Crippen LogP) is -0.373. The molecule has 4 N–H and O–H groups in total. The van der Waals surface area contributed by atoms with Crippen molar-refractivity contribution in [1.82, 2.24) is 4.90 Å². The molecular formula is C10H19N3O2S. The van der Waals surface area contributed by atoms with E-state index in [1.54, 1.807) is 0 Å². The van der Waals surface area contributed by atoms with Gasteiger partial charge in [-0.25, -0.2) is 0 Å². The zero-order valence-corrected chi connectivity index (χ0v) is 10.3. The normalized spacial score (nSPS) is 23.9. The van der Waals surface area contributed by atoms with Crippen molar-refractivity contribution in [3.05, 3.63) is 0 Å². The Balaban J connectivity index is 2.71. The van der Waals surface area contributed by atoms with Gasteiger partial charge in [0.25, 0.3) is 0 Å². The highest BCUT2D eigenvalue weighted by molar-refractivity contribution is 7.80. The summed E-state index contributed by atoms with van der Waals surface area (Å²) in [6.45, 7) is 3.74. The van der Waals surface area contributed by atoms with Gasteiger partial charge >= 0.3 is 0 Å². The van der Waals surface area contributed by atoms with Crippen LogP contribution in [0.1, 0.15) is 19.8 Å². The van der Waals surface area contributed by atoms with Gasteiger partial charge in [-0.2, -0.15) is 0 Å². The van der Waals surface area contributed by atoms with Crippen LogP contribution in [0, 0.1) is 0 Å². The molecule has 16 heavy (non-hydrogen) atoms. The van der Waals surface area contributed by atoms with Gasteiger partial charge in [0.2, 0.25) is 5.91 Å². The lowest BCUT2D eigenvalue weighted by atomic mass is 10.1. The van der Waals surface area contributed by atoms with E-state index < -0.39 is 0 Å². The summed E-state index contributed by atoms with van der Waals surface area (Å²) in [6.07, 6.45) is 1.51. The van der Waals surface area contributed by atoms with Crippen LogP contribution in [0.25, 0.3) is 0 Å². The Kier molecular flexibility index (Phi) is 5.11. The van der Waals surface area contributed by atoms with E-state index in [0.717, 1.165) is 6.42 Å². The van der Waals surface area contributed by atoms with Crippen molar-refractivity contribution in [2.45, 2.75) is 31.8 Å². The van der Waals surface area contributed by atoms with E-state index in [9.17, 15) is 4.79 Å². The van der Waals surface area contributed by atoms with Gasteiger partial charge in [0, 0.05) is 19.0 Å². The van der Waals surface area contributed by atoms with E-state index in [2.05, 4.69) is 11.8 Å². The van der Waals surface area contributed by atoms with Gasteiger partial charge in [0.15, 0.2) is 0 Å². The maximum absolute atomic E-state index is 11.3. The monoisotopic (exact) mass is 245 g/mol. The van der Waals surface area contributed by atoms with Crippen LogP contribution in [-0.4, -0.2) is 47.6 Å². The number of amides is 1. The lowest BCUT2D eigenvalue weighted by Gasteiger charge is -2.39. The molecule has 2 atom stereocenters. The number of hydrogen-bond acceptors (Lipinski definition) is 4. The van der Waals surface area contributed by atoms with Gasteiger partial charge in [-0.3, -0.25) is 9.69 Å². The lowest BCUT2D eigenvalue weighted by Crippen LogP contribution is -2.56. The van der Waals surface area contributed by atoms with E-state index >= 15 is 0 Å². The largest absolute Gasteiger partial charge is 0.393 e. The number of carbonyl (C=O) groups excluding carboxylic acids is 1. The summed E-state index contributed by atoms with van der Waals surface area (Å²) in [4.78, 5) is 13.8.